The summed E-state index contributed by atoms with van der Waals surface area (Å²) in [4.78, 5) is 12.9. The summed E-state index contributed by atoms with van der Waals surface area (Å²) in [5.41, 5.74) is -0.566. The van der Waals surface area contributed by atoms with Gasteiger partial charge >= 0.3 is 5.97 Å². The lowest BCUT2D eigenvalue weighted by atomic mass is 9.69. The Hall–Kier alpha value is -0.570. The topological polar surface area (TPSA) is 35.5 Å². The van der Waals surface area contributed by atoms with Crippen molar-refractivity contribution in [2.45, 2.75) is 103 Å². The highest BCUT2D eigenvalue weighted by Gasteiger charge is 2.54. The zero-order valence-corrected chi connectivity index (χ0v) is 14.5. The Balaban J connectivity index is 1.79. The molecule has 0 N–H and O–H groups in total. The van der Waals surface area contributed by atoms with Crippen molar-refractivity contribution in [3.8, 4) is 0 Å². The maximum atomic E-state index is 12.9. The molecule has 3 atom stereocenters. The van der Waals surface area contributed by atoms with Crippen LogP contribution >= 0.6 is 0 Å². The van der Waals surface area contributed by atoms with Crippen LogP contribution in [0.3, 0.4) is 0 Å². The molecule has 1 saturated carbocycles. The average Bonchev–Trinajstić information content (AvgIpc) is 3.18. The second kappa shape index (κ2) is 6.14. The van der Waals surface area contributed by atoms with E-state index < -0.39 is 0 Å². The predicted octanol–water partition coefficient (Wildman–Crippen LogP) is 4.63. The number of esters is 1. The first kappa shape index (κ1) is 16.3. The molecule has 0 aromatic carbocycles. The fourth-order valence-corrected chi connectivity index (χ4v) is 4.74. The molecule has 22 heavy (non-hydrogen) atoms. The summed E-state index contributed by atoms with van der Waals surface area (Å²) >= 11 is 0. The number of hydrogen-bond donors (Lipinski definition) is 0. The summed E-state index contributed by atoms with van der Waals surface area (Å²) in [6.07, 6.45) is 11.7. The predicted molar refractivity (Wildman–Crippen MR) is 86.6 cm³/mol. The molecule has 3 nitrogen and oxygen atoms in total. The molecule has 2 saturated heterocycles. The quantitative estimate of drug-likeness (QED) is 0.695. The molecule has 0 spiro atoms. The summed E-state index contributed by atoms with van der Waals surface area (Å²) in [5, 5.41) is 0. The third-order valence-electron chi connectivity index (χ3n) is 6.83. The van der Waals surface area contributed by atoms with Gasteiger partial charge in [-0.25, -0.2) is 0 Å². The second-order valence-corrected chi connectivity index (χ2v) is 8.00. The first-order chi connectivity index (χ1) is 10.5. The summed E-state index contributed by atoms with van der Waals surface area (Å²) in [7, 11) is 0. The minimum atomic E-state index is -0.330. The van der Waals surface area contributed by atoms with E-state index in [1.807, 2.05) is 0 Å². The van der Waals surface area contributed by atoms with E-state index in [9.17, 15) is 4.79 Å². The number of carbonyl (C=O) groups is 1. The van der Waals surface area contributed by atoms with Crippen LogP contribution in [-0.2, 0) is 14.3 Å². The molecule has 126 valence electrons. The van der Waals surface area contributed by atoms with Gasteiger partial charge in [0.2, 0.25) is 0 Å². The lowest BCUT2D eigenvalue weighted by molar-refractivity contribution is -0.186. The lowest BCUT2D eigenvalue weighted by Crippen LogP contribution is -2.50. The standard InChI is InChI=1S/C19H32O3/c1-4-18(3,5-2)17(20)22-19(11-7-6-8-12-19)15-13-14-9-10-16(15)21-14/h14-16H,4-13H2,1-3H3. The molecule has 0 aromatic heterocycles. The van der Waals surface area contributed by atoms with E-state index in [0.717, 1.165) is 38.5 Å². The molecule has 3 fully saturated rings. The monoisotopic (exact) mass is 308 g/mol. The van der Waals surface area contributed by atoms with Gasteiger partial charge in [0, 0.05) is 5.92 Å². The van der Waals surface area contributed by atoms with Crippen molar-refractivity contribution in [1.82, 2.24) is 0 Å². The van der Waals surface area contributed by atoms with Crippen molar-refractivity contribution < 1.29 is 14.3 Å². The lowest BCUT2D eigenvalue weighted by Gasteiger charge is -2.45. The molecule has 3 aliphatic rings. The molecule has 1 aliphatic carbocycles. The third kappa shape index (κ3) is 2.70. The third-order valence-corrected chi connectivity index (χ3v) is 6.83. The van der Waals surface area contributed by atoms with Crippen LogP contribution in [0.25, 0.3) is 0 Å². The van der Waals surface area contributed by atoms with Crippen molar-refractivity contribution in [2.75, 3.05) is 0 Å². The fourth-order valence-electron chi connectivity index (χ4n) is 4.74. The molecule has 3 heteroatoms. The van der Waals surface area contributed by atoms with Crippen molar-refractivity contribution in [3.05, 3.63) is 0 Å². The van der Waals surface area contributed by atoms with Crippen LogP contribution in [0.2, 0.25) is 0 Å². The van der Waals surface area contributed by atoms with Gasteiger partial charge in [-0.2, -0.15) is 0 Å². The first-order valence-electron chi connectivity index (χ1n) is 9.42. The molecule has 3 rings (SSSR count). The highest BCUT2D eigenvalue weighted by Crippen LogP contribution is 2.51. The van der Waals surface area contributed by atoms with E-state index in [2.05, 4.69) is 20.8 Å². The maximum Gasteiger partial charge on any atom is 0.312 e. The first-order valence-corrected chi connectivity index (χ1v) is 9.42. The Morgan fingerprint density at radius 3 is 2.36 bits per heavy atom. The van der Waals surface area contributed by atoms with Crippen molar-refractivity contribution in [3.63, 3.8) is 0 Å². The summed E-state index contributed by atoms with van der Waals surface area (Å²) in [6.45, 7) is 6.25. The van der Waals surface area contributed by atoms with Gasteiger partial charge in [-0.15, -0.1) is 0 Å². The van der Waals surface area contributed by atoms with Crippen LogP contribution in [0.15, 0.2) is 0 Å². The largest absolute Gasteiger partial charge is 0.458 e. The van der Waals surface area contributed by atoms with Crippen LogP contribution in [-0.4, -0.2) is 23.8 Å². The highest BCUT2D eigenvalue weighted by atomic mass is 16.6. The molecular formula is C19H32O3. The van der Waals surface area contributed by atoms with Crippen LogP contribution in [0, 0.1) is 11.3 Å². The zero-order chi connectivity index (χ0) is 15.8. The Kier molecular flexibility index (Phi) is 4.55. The van der Waals surface area contributed by atoms with Gasteiger partial charge in [-0.05, 0) is 64.7 Å². The molecule has 2 bridgehead atoms. The summed E-state index contributed by atoms with van der Waals surface area (Å²) < 4.78 is 12.4. The molecule has 0 aromatic rings. The maximum absolute atomic E-state index is 12.9. The van der Waals surface area contributed by atoms with Crippen LogP contribution in [0.5, 0.6) is 0 Å². The summed E-state index contributed by atoms with van der Waals surface area (Å²) in [6, 6.07) is 0. The zero-order valence-electron chi connectivity index (χ0n) is 14.5. The van der Waals surface area contributed by atoms with Crippen LogP contribution in [0.1, 0.15) is 85.0 Å². The van der Waals surface area contributed by atoms with Crippen LogP contribution < -0.4 is 0 Å². The van der Waals surface area contributed by atoms with Crippen molar-refractivity contribution in [2.24, 2.45) is 11.3 Å². The minimum Gasteiger partial charge on any atom is -0.458 e. The molecule has 2 aliphatic heterocycles. The molecule has 0 amide bonds. The average molecular weight is 308 g/mol. The van der Waals surface area contributed by atoms with E-state index in [1.165, 1.54) is 25.7 Å². The Bertz CT molecular complexity index is 407. The minimum absolute atomic E-state index is 0.0298. The van der Waals surface area contributed by atoms with Crippen molar-refractivity contribution in [1.29, 1.82) is 0 Å². The number of rotatable bonds is 5. The highest BCUT2D eigenvalue weighted by molar-refractivity contribution is 5.76. The Labute approximate surface area is 135 Å². The van der Waals surface area contributed by atoms with Gasteiger partial charge in [-0.1, -0.05) is 20.3 Å². The molecule has 0 radical (unpaired) electrons. The smallest absolute Gasteiger partial charge is 0.312 e. The number of ether oxygens (including phenoxy) is 2. The van der Waals surface area contributed by atoms with E-state index >= 15 is 0 Å². The Morgan fingerprint density at radius 1 is 1.18 bits per heavy atom. The fraction of sp³-hybridized carbons (Fsp3) is 0.947. The SMILES string of the molecule is CCC(C)(CC)C(=O)OC1(C2CC3CCC2O3)CCCCC1. The van der Waals surface area contributed by atoms with Crippen molar-refractivity contribution >= 4 is 5.97 Å². The number of carbonyl (C=O) groups excluding carboxylic acids is 1. The van der Waals surface area contributed by atoms with Crippen LogP contribution in [0.4, 0.5) is 0 Å². The second-order valence-electron chi connectivity index (χ2n) is 8.00. The van der Waals surface area contributed by atoms with Gasteiger partial charge in [0.15, 0.2) is 0 Å². The number of fused-ring (bicyclic) bond motifs is 2. The van der Waals surface area contributed by atoms with Gasteiger partial charge in [0.1, 0.15) is 5.60 Å². The van der Waals surface area contributed by atoms with E-state index in [0.29, 0.717) is 18.1 Å². The van der Waals surface area contributed by atoms with E-state index in [1.54, 1.807) is 0 Å². The molecule has 3 unspecified atom stereocenters. The van der Waals surface area contributed by atoms with Gasteiger partial charge in [0.25, 0.3) is 0 Å². The van der Waals surface area contributed by atoms with E-state index in [4.69, 9.17) is 9.47 Å². The number of hydrogen-bond acceptors (Lipinski definition) is 3. The normalized spacial score (nSPS) is 33.9. The Morgan fingerprint density at radius 2 is 1.86 bits per heavy atom. The van der Waals surface area contributed by atoms with Gasteiger partial charge in [0.05, 0.1) is 17.6 Å². The van der Waals surface area contributed by atoms with Gasteiger partial charge in [-0.3, -0.25) is 4.79 Å². The van der Waals surface area contributed by atoms with Gasteiger partial charge < -0.3 is 9.47 Å². The molecule has 2 heterocycles. The molecular weight excluding hydrogens is 276 g/mol. The van der Waals surface area contributed by atoms with E-state index in [-0.39, 0.29) is 17.0 Å². The summed E-state index contributed by atoms with van der Waals surface area (Å²) in [5.74, 6) is 0.468.